The average Bonchev–Trinajstić information content (AvgIpc) is 2.53. The van der Waals surface area contributed by atoms with Gasteiger partial charge in [-0.15, -0.1) is 0 Å². The summed E-state index contributed by atoms with van der Waals surface area (Å²) >= 11 is 0. The van der Waals surface area contributed by atoms with E-state index in [1.807, 2.05) is 0 Å². The summed E-state index contributed by atoms with van der Waals surface area (Å²) in [5.41, 5.74) is 0. The zero-order valence-corrected chi connectivity index (χ0v) is 10.2. The van der Waals surface area contributed by atoms with Crippen molar-refractivity contribution in [2.75, 3.05) is 6.54 Å². The SMILES string of the molecule is CC(C)CCCCNC1CC2CC=CC21. The fraction of sp³-hybridized carbons (Fsp3) is 0.857. The molecule has 0 heterocycles. The van der Waals surface area contributed by atoms with Gasteiger partial charge >= 0.3 is 0 Å². The summed E-state index contributed by atoms with van der Waals surface area (Å²) in [5.74, 6) is 2.75. The monoisotopic (exact) mass is 207 g/mol. The topological polar surface area (TPSA) is 12.0 Å². The van der Waals surface area contributed by atoms with E-state index in [0.717, 1.165) is 23.8 Å². The second-order valence-electron chi connectivity index (χ2n) is 5.69. The van der Waals surface area contributed by atoms with E-state index in [-0.39, 0.29) is 0 Å². The molecule has 0 aliphatic heterocycles. The van der Waals surface area contributed by atoms with Crippen LogP contribution in [0.15, 0.2) is 12.2 Å². The largest absolute Gasteiger partial charge is 0.313 e. The smallest absolute Gasteiger partial charge is 0.0136 e. The van der Waals surface area contributed by atoms with Crippen molar-refractivity contribution in [1.29, 1.82) is 0 Å². The molecule has 2 rings (SSSR count). The molecule has 1 saturated carbocycles. The van der Waals surface area contributed by atoms with Crippen molar-refractivity contribution >= 4 is 0 Å². The maximum absolute atomic E-state index is 3.71. The van der Waals surface area contributed by atoms with Crippen LogP contribution in [0.5, 0.6) is 0 Å². The molecule has 3 atom stereocenters. The van der Waals surface area contributed by atoms with Gasteiger partial charge in [0.15, 0.2) is 0 Å². The third-order valence-electron chi connectivity index (χ3n) is 3.98. The lowest BCUT2D eigenvalue weighted by Gasteiger charge is -2.40. The third-order valence-corrected chi connectivity index (χ3v) is 3.98. The summed E-state index contributed by atoms with van der Waals surface area (Å²) < 4.78 is 0. The standard InChI is InChI=1S/C14H25N/c1-11(2)6-3-4-9-15-14-10-12-7-5-8-13(12)14/h5,8,11-15H,3-4,6-7,9-10H2,1-2H3. The lowest BCUT2D eigenvalue weighted by Crippen LogP contribution is -2.48. The Balaban J connectivity index is 1.50. The summed E-state index contributed by atoms with van der Waals surface area (Å²) in [5, 5.41) is 3.71. The Kier molecular flexibility index (Phi) is 3.85. The molecule has 2 aliphatic rings. The minimum absolute atomic E-state index is 0.813. The molecule has 1 N–H and O–H groups in total. The molecule has 1 fully saturated rings. The number of hydrogen-bond acceptors (Lipinski definition) is 1. The lowest BCUT2D eigenvalue weighted by molar-refractivity contribution is 0.163. The molecule has 0 aromatic carbocycles. The van der Waals surface area contributed by atoms with Crippen LogP contribution in [0.1, 0.15) is 46.0 Å². The highest BCUT2D eigenvalue weighted by Gasteiger charge is 2.40. The van der Waals surface area contributed by atoms with Crippen LogP contribution in [0.3, 0.4) is 0 Å². The molecule has 0 aromatic heterocycles. The third kappa shape index (κ3) is 2.84. The highest BCUT2D eigenvalue weighted by Crippen LogP contribution is 2.42. The van der Waals surface area contributed by atoms with Crippen LogP contribution in [-0.4, -0.2) is 12.6 Å². The van der Waals surface area contributed by atoms with Gasteiger partial charge in [0.1, 0.15) is 0 Å². The number of nitrogens with one attached hydrogen (secondary N) is 1. The van der Waals surface area contributed by atoms with Gasteiger partial charge in [-0.05, 0) is 43.6 Å². The number of rotatable bonds is 6. The summed E-state index contributed by atoms with van der Waals surface area (Å²) in [7, 11) is 0. The van der Waals surface area contributed by atoms with Gasteiger partial charge in [0.25, 0.3) is 0 Å². The molecule has 0 aromatic rings. The molecule has 0 spiro atoms. The summed E-state index contributed by atoms with van der Waals surface area (Å²) in [4.78, 5) is 0. The highest BCUT2D eigenvalue weighted by molar-refractivity contribution is 5.12. The van der Waals surface area contributed by atoms with Crippen molar-refractivity contribution in [2.24, 2.45) is 17.8 Å². The van der Waals surface area contributed by atoms with Crippen LogP contribution in [-0.2, 0) is 0 Å². The predicted molar refractivity (Wildman–Crippen MR) is 65.8 cm³/mol. The Labute approximate surface area is 94.3 Å². The molecule has 0 radical (unpaired) electrons. The lowest BCUT2D eigenvalue weighted by atomic mass is 9.71. The molecule has 15 heavy (non-hydrogen) atoms. The van der Waals surface area contributed by atoms with Crippen LogP contribution in [0.4, 0.5) is 0 Å². The molecule has 3 unspecified atom stereocenters. The fourth-order valence-corrected chi connectivity index (χ4v) is 2.91. The summed E-state index contributed by atoms with van der Waals surface area (Å²) in [6.07, 6.45) is 11.7. The second-order valence-corrected chi connectivity index (χ2v) is 5.69. The van der Waals surface area contributed by atoms with Crippen LogP contribution in [0.2, 0.25) is 0 Å². The average molecular weight is 207 g/mol. The molecule has 0 bridgehead atoms. The molecule has 0 amide bonds. The van der Waals surface area contributed by atoms with E-state index < -0.39 is 0 Å². The van der Waals surface area contributed by atoms with Crippen molar-refractivity contribution in [3.63, 3.8) is 0 Å². The van der Waals surface area contributed by atoms with Crippen LogP contribution < -0.4 is 5.32 Å². The van der Waals surface area contributed by atoms with Gasteiger partial charge < -0.3 is 5.32 Å². The molecule has 1 heteroatoms. The quantitative estimate of drug-likeness (QED) is 0.520. The van der Waals surface area contributed by atoms with Gasteiger partial charge in [0.2, 0.25) is 0 Å². The minimum Gasteiger partial charge on any atom is -0.313 e. The van der Waals surface area contributed by atoms with Crippen LogP contribution >= 0.6 is 0 Å². The van der Waals surface area contributed by atoms with Crippen LogP contribution in [0, 0.1) is 17.8 Å². The number of unbranched alkanes of at least 4 members (excludes halogenated alkanes) is 1. The zero-order valence-electron chi connectivity index (χ0n) is 10.2. The van der Waals surface area contributed by atoms with Gasteiger partial charge in [0, 0.05) is 6.04 Å². The Morgan fingerprint density at radius 3 is 2.93 bits per heavy atom. The van der Waals surface area contributed by atoms with Crippen molar-refractivity contribution in [3.05, 3.63) is 12.2 Å². The molecule has 1 nitrogen and oxygen atoms in total. The molecular formula is C14H25N. The van der Waals surface area contributed by atoms with Crippen molar-refractivity contribution in [3.8, 4) is 0 Å². The zero-order chi connectivity index (χ0) is 10.7. The highest BCUT2D eigenvalue weighted by atomic mass is 14.9. The first-order valence-electron chi connectivity index (χ1n) is 6.67. The van der Waals surface area contributed by atoms with E-state index in [2.05, 4.69) is 31.3 Å². The Morgan fingerprint density at radius 2 is 2.20 bits per heavy atom. The number of hydrogen-bond donors (Lipinski definition) is 1. The van der Waals surface area contributed by atoms with E-state index in [9.17, 15) is 0 Å². The first kappa shape index (κ1) is 11.2. The fourth-order valence-electron chi connectivity index (χ4n) is 2.91. The van der Waals surface area contributed by atoms with Gasteiger partial charge in [-0.1, -0.05) is 38.8 Å². The van der Waals surface area contributed by atoms with Crippen molar-refractivity contribution in [2.45, 2.75) is 52.0 Å². The molecule has 2 aliphatic carbocycles. The Hall–Kier alpha value is -0.300. The predicted octanol–water partition coefficient (Wildman–Crippen LogP) is 3.37. The van der Waals surface area contributed by atoms with Gasteiger partial charge in [-0.2, -0.15) is 0 Å². The van der Waals surface area contributed by atoms with Gasteiger partial charge in [-0.3, -0.25) is 0 Å². The van der Waals surface area contributed by atoms with Crippen LogP contribution in [0.25, 0.3) is 0 Å². The van der Waals surface area contributed by atoms with Gasteiger partial charge in [0.05, 0.1) is 0 Å². The minimum atomic E-state index is 0.813. The normalized spacial score (nSPS) is 33.1. The van der Waals surface area contributed by atoms with E-state index >= 15 is 0 Å². The maximum atomic E-state index is 3.71. The first-order valence-corrected chi connectivity index (χ1v) is 6.67. The second kappa shape index (κ2) is 5.16. The molecular weight excluding hydrogens is 182 g/mol. The Morgan fingerprint density at radius 1 is 1.33 bits per heavy atom. The van der Waals surface area contributed by atoms with Crippen molar-refractivity contribution in [1.82, 2.24) is 5.32 Å². The number of fused-ring (bicyclic) bond motifs is 1. The van der Waals surface area contributed by atoms with E-state index in [1.54, 1.807) is 0 Å². The maximum Gasteiger partial charge on any atom is 0.0136 e. The van der Waals surface area contributed by atoms with Gasteiger partial charge in [-0.25, -0.2) is 0 Å². The van der Waals surface area contributed by atoms with Crippen molar-refractivity contribution < 1.29 is 0 Å². The summed E-state index contributed by atoms with van der Waals surface area (Å²) in [6, 6.07) is 0.813. The first-order chi connectivity index (χ1) is 7.27. The molecule has 86 valence electrons. The van der Waals surface area contributed by atoms with E-state index in [1.165, 1.54) is 38.6 Å². The number of allylic oxidation sites excluding steroid dienone is 1. The van der Waals surface area contributed by atoms with E-state index in [4.69, 9.17) is 0 Å². The molecule has 0 saturated heterocycles. The summed E-state index contributed by atoms with van der Waals surface area (Å²) in [6.45, 7) is 5.86. The Bertz CT molecular complexity index is 219. The van der Waals surface area contributed by atoms with E-state index in [0.29, 0.717) is 0 Å².